The van der Waals surface area contributed by atoms with Crippen LogP contribution in [0.1, 0.15) is 27.0 Å². The molecule has 4 aromatic rings. The Kier molecular flexibility index (Phi) is 6.35. The minimum Gasteiger partial charge on any atom is -0.596 e. The lowest BCUT2D eigenvalue weighted by Crippen LogP contribution is -2.23. The second-order valence-corrected chi connectivity index (χ2v) is 8.16. The summed E-state index contributed by atoms with van der Waals surface area (Å²) in [5.74, 6) is 0.00224. The van der Waals surface area contributed by atoms with Gasteiger partial charge in [0.15, 0.2) is 0 Å². The maximum Gasteiger partial charge on any atom is 0.252 e. The van der Waals surface area contributed by atoms with Crippen molar-refractivity contribution in [1.29, 1.82) is 0 Å². The third-order valence-corrected chi connectivity index (χ3v) is 5.51. The lowest BCUT2D eigenvalue weighted by atomic mass is 10.1. The highest BCUT2D eigenvalue weighted by molar-refractivity contribution is 5.98. The largest absolute Gasteiger partial charge is 0.596 e. The molecule has 1 amide bonds. The highest BCUT2D eigenvalue weighted by atomic mass is 16.5. The predicted molar refractivity (Wildman–Crippen MR) is 135 cm³/mol. The molecule has 5 N–H and O–H groups in total. The van der Waals surface area contributed by atoms with E-state index in [1.165, 1.54) is 17.4 Å². The third-order valence-electron chi connectivity index (χ3n) is 5.51. The maximum atomic E-state index is 12.0. The zero-order chi connectivity index (χ0) is 24.2. The second-order valence-electron chi connectivity index (χ2n) is 8.16. The molecule has 2 heterocycles. The fourth-order valence-corrected chi connectivity index (χ4v) is 3.64. The number of hydrazine groups is 1. The Morgan fingerprint density at radius 3 is 2.79 bits per heavy atom. The smallest absolute Gasteiger partial charge is 0.252 e. The van der Waals surface area contributed by atoms with Crippen LogP contribution in [-0.4, -0.2) is 46.0 Å². The summed E-state index contributed by atoms with van der Waals surface area (Å²) in [6, 6.07) is 15.5. The summed E-state index contributed by atoms with van der Waals surface area (Å²) in [6.45, 7) is 2.44. The molecule has 4 rings (SSSR count). The topological polar surface area (TPSA) is 125 Å². The summed E-state index contributed by atoms with van der Waals surface area (Å²) in [5, 5.41) is 21.0. The highest BCUT2D eigenvalue weighted by Gasteiger charge is 2.12. The number of hydrogen-bond acceptors (Lipinski definition) is 6. The number of carbonyl (C=O) groups is 1. The van der Waals surface area contributed by atoms with Gasteiger partial charge in [-0.15, -0.1) is 0 Å². The van der Waals surface area contributed by atoms with E-state index in [1.807, 2.05) is 55.6 Å². The molecule has 34 heavy (non-hydrogen) atoms. The van der Waals surface area contributed by atoms with Gasteiger partial charge < -0.3 is 26.6 Å². The number of amides is 1. The molecular formula is C25H27N7O2. The number of hydrazone groups is 1. The van der Waals surface area contributed by atoms with Gasteiger partial charge in [0.2, 0.25) is 6.21 Å². The first-order valence-corrected chi connectivity index (χ1v) is 10.8. The van der Waals surface area contributed by atoms with Crippen LogP contribution in [0.4, 0.5) is 17.2 Å². The van der Waals surface area contributed by atoms with Crippen molar-refractivity contribution in [2.75, 3.05) is 24.7 Å². The van der Waals surface area contributed by atoms with Gasteiger partial charge in [0.1, 0.15) is 5.82 Å². The summed E-state index contributed by atoms with van der Waals surface area (Å²) in [5.41, 5.74) is 11.2. The molecule has 0 aliphatic rings. The predicted octanol–water partition coefficient (Wildman–Crippen LogP) is 3.73. The van der Waals surface area contributed by atoms with Crippen molar-refractivity contribution in [3.8, 4) is 0 Å². The molecule has 0 fully saturated rings. The molecule has 9 heteroatoms. The number of carbonyl (C=O) groups excluding carboxylic acids is 1. The monoisotopic (exact) mass is 457 g/mol. The molecule has 0 unspecified atom stereocenters. The number of primary amides is 1. The van der Waals surface area contributed by atoms with Gasteiger partial charge in [-0.3, -0.25) is 4.79 Å². The molecule has 0 spiro atoms. The summed E-state index contributed by atoms with van der Waals surface area (Å²) < 4.78 is 0. The van der Waals surface area contributed by atoms with Crippen LogP contribution in [0.2, 0.25) is 0 Å². The molecule has 174 valence electrons. The number of rotatable bonds is 8. The molecular weight excluding hydrogens is 430 g/mol. The summed E-state index contributed by atoms with van der Waals surface area (Å²) in [6.07, 6.45) is 4.88. The first-order valence-electron chi connectivity index (χ1n) is 10.8. The SMILES string of the molecule is Cc1cc(Nc2cc(NCc3cccc4[nH]ccc34)c(C(N)=O)cn2)ccc1/C=[N+](\[O-])N(C)C. The van der Waals surface area contributed by atoms with Gasteiger partial charge in [-0.25, -0.2) is 4.98 Å². The number of fused-ring (bicyclic) bond motifs is 1. The van der Waals surface area contributed by atoms with Crippen molar-refractivity contribution in [1.82, 2.24) is 15.0 Å². The fourth-order valence-electron chi connectivity index (χ4n) is 3.64. The van der Waals surface area contributed by atoms with Crippen molar-refractivity contribution in [2.45, 2.75) is 13.5 Å². The van der Waals surface area contributed by atoms with Gasteiger partial charge in [0, 0.05) is 47.2 Å². The standard InChI is InChI=1S/C25H27N7O2/c1-16-11-19(8-7-18(16)15-32(34)31(2)3)30-24-12-23(21(14-29-24)25(26)33)28-13-17-5-4-6-22-20(17)9-10-27-22/h4-12,14-15,27H,13H2,1-3H3,(H2,26,33)(H2,28,29,30)/b32-15-. The summed E-state index contributed by atoms with van der Waals surface area (Å²) >= 11 is 0. The van der Waals surface area contributed by atoms with Gasteiger partial charge in [-0.1, -0.05) is 17.0 Å². The van der Waals surface area contributed by atoms with Crippen molar-refractivity contribution >= 4 is 40.2 Å². The minimum absolute atomic E-state index is 0.312. The molecule has 0 bridgehead atoms. The molecule has 0 radical (unpaired) electrons. The maximum absolute atomic E-state index is 12.0. The number of aromatic nitrogens is 2. The van der Waals surface area contributed by atoms with E-state index in [1.54, 1.807) is 20.2 Å². The van der Waals surface area contributed by atoms with Crippen LogP contribution in [-0.2, 0) is 6.54 Å². The van der Waals surface area contributed by atoms with Crippen molar-refractivity contribution in [3.63, 3.8) is 0 Å². The fraction of sp³-hybridized carbons (Fsp3) is 0.160. The van der Waals surface area contributed by atoms with E-state index >= 15 is 0 Å². The molecule has 9 nitrogen and oxygen atoms in total. The number of aromatic amines is 1. The molecule has 0 saturated carbocycles. The van der Waals surface area contributed by atoms with Crippen LogP contribution in [0.15, 0.2) is 60.9 Å². The van der Waals surface area contributed by atoms with Crippen molar-refractivity contribution < 1.29 is 9.64 Å². The molecule has 2 aromatic heterocycles. The number of benzene rings is 2. The summed E-state index contributed by atoms with van der Waals surface area (Å²) in [4.78, 5) is 20.3. The number of H-pyrrole nitrogens is 1. The van der Waals surface area contributed by atoms with Crippen molar-refractivity contribution in [2.24, 2.45) is 5.73 Å². The number of aryl methyl sites for hydroxylation is 1. The average molecular weight is 458 g/mol. The van der Waals surface area contributed by atoms with E-state index in [0.29, 0.717) is 23.6 Å². The van der Waals surface area contributed by atoms with E-state index in [0.717, 1.165) is 38.1 Å². The zero-order valence-electron chi connectivity index (χ0n) is 19.3. The van der Waals surface area contributed by atoms with Crippen LogP contribution < -0.4 is 16.4 Å². The zero-order valence-corrected chi connectivity index (χ0v) is 19.3. The number of hydrogen-bond donors (Lipinski definition) is 4. The minimum atomic E-state index is -0.555. The van der Waals surface area contributed by atoms with Crippen LogP contribution >= 0.6 is 0 Å². The molecule has 0 atom stereocenters. The lowest BCUT2D eigenvalue weighted by Gasteiger charge is -2.14. The Bertz CT molecular complexity index is 1370. The van der Waals surface area contributed by atoms with E-state index in [-0.39, 0.29) is 0 Å². The van der Waals surface area contributed by atoms with Gasteiger partial charge >= 0.3 is 0 Å². The second kappa shape index (κ2) is 9.53. The first-order chi connectivity index (χ1) is 16.3. The Morgan fingerprint density at radius 2 is 2.06 bits per heavy atom. The quantitative estimate of drug-likeness (QED) is 0.138. The Labute approximate surface area is 197 Å². The van der Waals surface area contributed by atoms with Gasteiger partial charge in [0.05, 0.1) is 25.3 Å². The number of anilines is 3. The Morgan fingerprint density at radius 1 is 1.24 bits per heavy atom. The van der Waals surface area contributed by atoms with Gasteiger partial charge in [0.25, 0.3) is 5.91 Å². The Balaban J connectivity index is 1.56. The van der Waals surface area contributed by atoms with Gasteiger partial charge in [-0.05, 0) is 48.4 Å². The van der Waals surface area contributed by atoms with Crippen LogP contribution in [0.25, 0.3) is 10.9 Å². The van der Waals surface area contributed by atoms with Crippen LogP contribution in [0.3, 0.4) is 0 Å². The number of nitrogens with two attached hydrogens (primary N) is 1. The molecule has 2 aromatic carbocycles. The summed E-state index contributed by atoms with van der Waals surface area (Å²) in [7, 11) is 3.36. The third kappa shape index (κ3) is 4.93. The molecule has 0 saturated heterocycles. The normalized spacial score (nSPS) is 11.4. The highest BCUT2D eigenvalue weighted by Crippen LogP contribution is 2.25. The number of nitrogens with one attached hydrogen (secondary N) is 3. The number of pyridine rings is 1. The van der Waals surface area contributed by atoms with E-state index < -0.39 is 5.91 Å². The number of nitrogens with zero attached hydrogens (tertiary/aromatic N) is 3. The first kappa shape index (κ1) is 22.7. The van der Waals surface area contributed by atoms with E-state index in [4.69, 9.17) is 5.73 Å². The van der Waals surface area contributed by atoms with E-state index in [2.05, 4.69) is 20.6 Å². The van der Waals surface area contributed by atoms with Crippen molar-refractivity contribution in [3.05, 3.63) is 88.4 Å². The molecule has 0 aliphatic heterocycles. The lowest BCUT2D eigenvalue weighted by molar-refractivity contribution is -0.619. The van der Waals surface area contributed by atoms with Gasteiger partial charge in [-0.2, -0.15) is 5.01 Å². The van der Waals surface area contributed by atoms with Crippen LogP contribution in [0, 0.1) is 12.1 Å². The van der Waals surface area contributed by atoms with Crippen LogP contribution in [0.5, 0.6) is 0 Å². The van der Waals surface area contributed by atoms with E-state index in [9.17, 15) is 10.0 Å². The Hall–Kier alpha value is -4.53. The molecule has 0 aliphatic carbocycles. The average Bonchev–Trinajstić information content (AvgIpc) is 3.29.